The maximum Gasteiger partial charge on any atom is 0.326 e. The Hall–Kier alpha value is -3.06. The van der Waals surface area contributed by atoms with E-state index in [4.69, 9.17) is 11.5 Å². The van der Waals surface area contributed by atoms with Crippen LogP contribution >= 0.6 is 21.6 Å². The smallest absolute Gasteiger partial charge is 0.326 e. The van der Waals surface area contributed by atoms with Gasteiger partial charge in [-0.2, -0.15) is 0 Å². The molecule has 10 nitrogen and oxygen atoms in total. The topological polar surface area (TPSA) is 185 Å². The Bertz CT molecular complexity index is 931. The molecule has 4 atom stereocenters. The Morgan fingerprint density at radius 1 is 0.667 bits per heavy atom. The average molecular weight is 535 g/mol. The number of amides is 2. The lowest BCUT2D eigenvalue weighted by molar-refractivity contribution is -0.142. The largest absolute Gasteiger partial charge is 0.480 e. The van der Waals surface area contributed by atoms with E-state index in [2.05, 4.69) is 10.6 Å². The van der Waals surface area contributed by atoms with E-state index in [-0.39, 0.29) is 24.3 Å². The van der Waals surface area contributed by atoms with Crippen molar-refractivity contribution in [3.63, 3.8) is 0 Å². The van der Waals surface area contributed by atoms with Crippen molar-refractivity contribution in [2.24, 2.45) is 11.5 Å². The van der Waals surface area contributed by atoms with E-state index in [1.807, 2.05) is 12.1 Å². The number of carboxylic acids is 2. The molecule has 2 aromatic rings. The maximum absolute atomic E-state index is 12.4. The lowest BCUT2D eigenvalue weighted by atomic mass is 10.1. The van der Waals surface area contributed by atoms with Crippen molar-refractivity contribution >= 4 is 45.3 Å². The average Bonchev–Trinajstić information content (AvgIpc) is 2.86. The second-order valence-electron chi connectivity index (χ2n) is 7.96. The minimum atomic E-state index is -1.16. The normalized spacial score (nSPS) is 14.2. The fraction of sp³-hybridized carbons (Fsp3) is 0.333. The van der Waals surface area contributed by atoms with Crippen LogP contribution in [-0.4, -0.2) is 69.6 Å². The second-order valence-corrected chi connectivity index (χ2v) is 10.5. The standard InChI is InChI=1S/C24H30N4O6S2/c25-17(21(29)27-19(23(31)32)11-15-7-3-1-4-8-15)13-35-36-14-18(26)22(30)28-20(24(33)34)12-16-9-5-2-6-10-16/h1-10,17-20H,11-14,25-26H2,(H,27,29)(H,28,30)(H,31,32)(H,33,34)/t17-,18-,19-,20+/m0/s1. The summed E-state index contributed by atoms with van der Waals surface area (Å²) < 4.78 is 0. The molecule has 0 aliphatic carbocycles. The zero-order valence-corrected chi connectivity index (χ0v) is 21.0. The van der Waals surface area contributed by atoms with Gasteiger partial charge in [-0.25, -0.2) is 9.59 Å². The highest BCUT2D eigenvalue weighted by molar-refractivity contribution is 8.76. The van der Waals surface area contributed by atoms with Crippen LogP contribution in [0.4, 0.5) is 0 Å². The Balaban J connectivity index is 1.74. The van der Waals surface area contributed by atoms with Crippen LogP contribution in [0.2, 0.25) is 0 Å². The zero-order valence-electron chi connectivity index (χ0n) is 19.4. The van der Waals surface area contributed by atoms with Crippen molar-refractivity contribution in [3.05, 3.63) is 71.8 Å². The molecule has 2 rings (SSSR count). The number of nitrogens with one attached hydrogen (secondary N) is 2. The molecule has 12 heteroatoms. The third kappa shape index (κ3) is 10.3. The first-order valence-electron chi connectivity index (χ1n) is 11.1. The number of benzene rings is 2. The van der Waals surface area contributed by atoms with Crippen molar-refractivity contribution in [2.75, 3.05) is 11.5 Å². The van der Waals surface area contributed by atoms with Gasteiger partial charge in [0.1, 0.15) is 12.1 Å². The number of carbonyl (C=O) groups is 4. The van der Waals surface area contributed by atoms with E-state index in [1.54, 1.807) is 48.5 Å². The van der Waals surface area contributed by atoms with Gasteiger partial charge in [-0.3, -0.25) is 9.59 Å². The van der Waals surface area contributed by atoms with E-state index in [9.17, 15) is 29.4 Å². The fourth-order valence-electron chi connectivity index (χ4n) is 3.05. The number of aliphatic carboxylic acids is 2. The molecule has 2 amide bonds. The van der Waals surface area contributed by atoms with Crippen LogP contribution in [0, 0.1) is 0 Å². The minimum absolute atomic E-state index is 0.127. The highest BCUT2D eigenvalue weighted by atomic mass is 33.1. The first kappa shape index (κ1) is 29.2. The fourth-order valence-corrected chi connectivity index (χ4v) is 5.30. The van der Waals surface area contributed by atoms with Gasteiger partial charge in [-0.15, -0.1) is 0 Å². The molecule has 0 fully saturated rings. The van der Waals surface area contributed by atoms with Crippen molar-refractivity contribution in [3.8, 4) is 0 Å². The summed E-state index contributed by atoms with van der Waals surface area (Å²) in [4.78, 5) is 47.8. The summed E-state index contributed by atoms with van der Waals surface area (Å²) in [5, 5.41) is 23.7. The SMILES string of the molecule is N[C@@H](CSSC[C@H](N)C(=O)N[C@H](Cc1ccccc1)C(=O)O)C(=O)N[C@@H](Cc1ccccc1)C(=O)O. The van der Waals surface area contributed by atoms with Crippen molar-refractivity contribution < 1.29 is 29.4 Å². The summed E-state index contributed by atoms with van der Waals surface area (Å²) >= 11 is 0. The minimum Gasteiger partial charge on any atom is -0.480 e. The molecule has 36 heavy (non-hydrogen) atoms. The molecule has 194 valence electrons. The Morgan fingerprint density at radius 2 is 1.00 bits per heavy atom. The Morgan fingerprint density at radius 3 is 1.31 bits per heavy atom. The summed E-state index contributed by atoms with van der Waals surface area (Å²) in [5.41, 5.74) is 13.3. The van der Waals surface area contributed by atoms with E-state index in [0.29, 0.717) is 0 Å². The predicted octanol–water partition coefficient (Wildman–Crippen LogP) is 0.647. The summed E-state index contributed by atoms with van der Waals surface area (Å²) in [6, 6.07) is 13.7. The molecule has 0 bridgehead atoms. The first-order chi connectivity index (χ1) is 17.2. The lowest BCUT2D eigenvalue weighted by Gasteiger charge is -2.19. The van der Waals surface area contributed by atoms with Gasteiger partial charge in [-0.05, 0) is 11.1 Å². The van der Waals surface area contributed by atoms with Gasteiger partial charge in [0.05, 0.1) is 12.1 Å². The number of nitrogens with two attached hydrogens (primary N) is 2. The first-order valence-corrected chi connectivity index (χ1v) is 13.6. The third-order valence-corrected chi connectivity index (χ3v) is 7.52. The highest BCUT2D eigenvalue weighted by Gasteiger charge is 2.25. The van der Waals surface area contributed by atoms with Crippen molar-refractivity contribution in [1.29, 1.82) is 0 Å². The molecule has 0 heterocycles. The molecular weight excluding hydrogens is 504 g/mol. The molecule has 0 saturated heterocycles. The zero-order chi connectivity index (χ0) is 26.5. The van der Waals surface area contributed by atoms with Crippen LogP contribution in [0.15, 0.2) is 60.7 Å². The van der Waals surface area contributed by atoms with Crippen LogP contribution in [-0.2, 0) is 32.0 Å². The highest BCUT2D eigenvalue weighted by Crippen LogP contribution is 2.22. The molecule has 0 spiro atoms. The van der Waals surface area contributed by atoms with Crippen molar-refractivity contribution in [2.45, 2.75) is 37.0 Å². The maximum atomic E-state index is 12.4. The quantitative estimate of drug-likeness (QED) is 0.140. The summed E-state index contributed by atoms with van der Waals surface area (Å²) in [6.45, 7) is 0. The van der Waals surface area contributed by atoms with Crippen molar-refractivity contribution in [1.82, 2.24) is 10.6 Å². The number of hydrogen-bond acceptors (Lipinski definition) is 8. The number of hydrogen-bond donors (Lipinski definition) is 6. The van der Waals surface area contributed by atoms with Gasteiger partial charge in [-0.1, -0.05) is 82.3 Å². The molecule has 0 unspecified atom stereocenters. The van der Waals surface area contributed by atoms with Crippen LogP contribution < -0.4 is 22.1 Å². The van der Waals surface area contributed by atoms with Gasteiger partial charge < -0.3 is 32.3 Å². The molecule has 0 aliphatic rings. The molecule has 0 radical (unpaired) electrons. The van der Waals surface area contributed by atoms with Gasteiger partial charge in [0.2, 0.25) is 11.8 Å². The summed E-state index contributed by atoms with van der Waals surface area (Å²) in [5.74, 6) is -3.20. The molecule has 8 N–H and O–H groups in total. The molecule has 0 aliphatic heterocycles. The van der Waals surface area contributed by atoms with Crippen LogP contribution in [0.3, 0.4) is 0 Å². The van der Waals surface area contributed by atoms with Crippen LogP contribution in [0.25, 0.3) is 0 Å². The Labute approximate surface area is 217 Å². The van der Waals surface area contributed by atoms with E-state index in [1.165, 1.54) is 21.6 Å². The van der Waals surface area contributed by atoms with E-state index >= 15 is 0 Å². The van der Waals surface area contributed by atoms with E-state index < -0.39 is 47.9 Å². The van der Waals surface area contributed by atoms with Crippen LogP contribution in [0.1, 0.15) is 11.1 Å². The monoisotopic (exact) mass is 534 g/mol. The van der Waals surface area contributed by atoms with Gasteiger partial charge >= 0.3 is 11.9 Å². The molecule has 2 aromatic carbocycles. The summed E-state index contributed by atoms with van der Waals surface area (Å²) in [7, 11) is 2.42. The number of carbonyl (C=O) groups excluding carboxylic acids is 2. The number of carboxylic acid groups (broad SMARTS) is 2. The molecular formula is C24H30N4O6S2. The Kier molecular flexibility index (Phi) is 12.3. The number of rotatable bonds is 15. The molecule has 0 aromatic heterocycles. The van der Waals surface area contributed by atoms with E-state index in [0.717, 1.165) is 11.1 Å². The van der Waals surface area contributed by atoms with Gasteiger partial charge in [0, 0.05) is 24.3 Å². The predicted molar refractivity (Wildman–Crippen MR) is 140 cm³/mol. The summed E-state index contributed by atoms with van der Waals surface area (Å²) in [6.07, 6.45) is 0.254. The van der Waals surface area contributed by atoms with Crippen LogP contribution in [0.5, 0.6) is 0 Å². The van der Waals surface area contributed by atoms with Gasteiger partial charge in [0.15, 0.2) is 0 Å². The lowest BCUT2D eigenvalue weighted by Crippen LogP contribution is -2.50. The van der Waals surface area contributed by atoms with Gasteiger partial charge in [0.25, 0.3) is 0 Å². The molecule has 0 saturated carbocycles. The third-order valence-electron chi connectivity index (χ3n) is 5.05. The second kappa shape index (κ2) is 15.1.